The van der Waals surface area contributed by atoms with E-state index in [0.717, 1.165) is 28.7 Å². The van der Waals surface area contributed by atoms with Gasteiger partial charge in [-0.3, -0.25) is 0 Å². The first kappa shape index (κ1) is 19.1. The summed E-state index contributed by atoms with van der Waals surface area (Å²) in [7, 11) is 0. The van der Waals surface area contributed by atoms with Gasteiger partial charge in [-0.05, 0) is 53.4 Å². The molecule has 1 heterocycles. The molecular formula is C24H23ClN2S. The molecule has 0 fully saturated rings. The van der Waals surface area contributed by atoms with Crippen LogP contribution in [0.2, 0.25) is 5.02 Å². The number of aromatic nitrogens is 2. The lowest BCUT2D eigenvalue weighted by Gasteiger charge is -2.11. The van der Waals surface area contributed by atoms with Crippen molar-refractivity contribution in [2.45, 2.75) is 37.0 Å². The van der Waals surface area contributed by atoms with Gasteiger partial charge in [0.25, 0.3) is 0 Å². The van der Waals surface area contributed by atoms with Crippen LogP contribution in [0.5, 0.6) is 0 Å². The minimum atomic E-state index is 0.550. The SMILES string of the molecule is CC(C)c1ccc(Cn2c(CSc3ccc(Cl)cc3)nc3ccccc32)cc1. The number of hydrogen-bond acceptors (Lipinski definition) is 2. The van der Waals surface area contributed by atoms with E-state index in [9.17, 15) is 0 Å². The zero-order valence-electron chi connectivity index (χ0n) is 16.1. The van der Waals surface area contributed by atoms with Crippen molar-refractivity contribution in [3.63, 3.8) is 0 Å². The highest BCUT2D eigenvalue weighted by Crippen LogP contribution is 2.27. The van der Waals surface area contributed by atoms with Crippen LogP contribution in [0.3, 0.4) is 0 Å². The fourth-order valence-corrected chi connectivity index (χ4v) is 4.25. The number of fused-ring (bicyclic) bond motifs is 1. The molecule has 0 saturated heterocycles. The molecule has 142 valence electrons. The molecule has 0 radical (unpaired) electrons. The molecule has 3 aromatic carbocycles. The van der Waals surface area contributed by atoms with Crippen LogP contribution in [-0.2, 0) is 12.3 Å². The van der Waals surface area contributed by atoms with Crippen molar-refractivity contribution in [2.75, 3.05) is 0 Å². The van der Waals surface area contributed by atoms with E-state index in [4.69, 9.17) is 16.6 Å². The van der Waals surface area contributed by atoms with Crippen molar-refractivity contribution in [3.8, 4) is 0 Å². The Bertz CT molecular complexity index is 1070. The van der Waals surface area contributed by atoms with Gasteiger partial charge in [0, 0.05) is 16.5 Å². The van der Waals surface area contributed by atoms with Gasteiger partial charge in [-0.25, -0.2) is 4.98 Å². The van der Waals surface area contributed by atoms with E-state index in [-0.39, 0.29) is 0 Å². The minimum Gasteiger partial charge on any atom is -0.323 e. The molecule has 0 N–H and O–H groups in total. The van der Waals surface area contributed by atoms with E-state index in [0.29, 0.717) is 5.92 Å². The lowest BCUT2D eigenvalue weighted by Crippen LogP contribution is -2.04. The summed E-state index contributed by atoms with van der Waals surface area (Å²) >= 11 is 7.79. The van der Waals surface area contributed by atoms with Crippen LogP contribution in [0.4, 0.5) is 0 Å². The highest BCUT2D eigenvalue weighted by molar-refractivity contribution is 7.98. The molecule has 0 amide bonds. The summed E-state index contributed by atoms with van der Waals surface area (Å²) in [5.41, 5.74) is 4.90. The third-order valence-electron chi connectivity index (χ3n) is 4.90. The van der Waals surface area contributed by atoms with Gasteiger partial charge in [-0.1, -0.05) is 61.8 Å². The summed E-state index contributed by atoms with van der Waals surface area (Å²) < 4.78 is 2.34. The Labute approximate surface area is 175 Å². The third kappa shape index (κ3) is 4.26. The van der Waals surface area contributed by atoms with Gasteiger partial charge in [0.1, 0.15) is 5.82 Å². The maximum absolute atomic E-state index is 6.00. The quantitative estimate of drug-likeness (QED) is 0.316. The van der Waals surface area contributed by atoms with Crippen LogP contribution < -0.4 is 0 Å². The van der Waals surface area contributed by atoms with Gasteiger partial charge < -0.3 is 4.57 Å². The van der Waals surface area contributed by atoms with Crippen molar-refractivity contribution >= 4 is 34.4 Å². The molecule has 0 bridgehead atoms. The van der Waals surface area contributed by atoms with E-state index < -0.39 is 0 Å². The van der Waals surface area contributed by atoms with Crippen molar-refractivity contribution in [2.24, 2.45) is 0 Å². The fraction of sp³-hybridized carbons (Fsp3) is 0.208. The molecular weight excluding hydrogens is 384 g/mol. The average Bonchev–Trinajstić information content (AvgIpc) is 3.05. The van der Waals surface area contributed by atoms with E-state index in [1.807, 2.05) is 18.2 Å². The standard InChI is InChI=1S/C24H23ClN2S/c1-17(2)19-9-7-18(8-10-19)15-27-23-6-4-3-5-22(23)26-24(27)16-28-21-13-11-20(25)12-14-21/h3-14,17H,15-16H2,1-2H3. The molecule has 4 rings (SSSR count). The predicted molar refractivity (Wildman–Crippen MR) is 120 cm³/mol. The highest BCUT2D eigenvalue weighted by atomic mass is 35.5. The van der Waals surface area contributed by atoms with E-state index in [1.165, 1.54) is 21.5 Å². The Hall–Kier alpha value is -2.23. The van der Waals surface area contributed by atoms with Gasteiger partial charge in [0.05, 0.1) is 16.8 Å². The van der Waals surface area contributed by atoms with Gasteiger partial charge in [-0.2, -0.15) is 0 Å². The molecule has 1 aromatic heterocycles. The van der Waals surface area contributed by atoms with Crippen LogP contribution in [0.25, 0.3) is 11.0 Å². The Balaban J connectivity index is 1.62. The second kappa shape index (κ2) is 8.42. The molecule has 0 unspecified atom stereocenters. The molecule has 0 aliphatic rings. The summed E-state index contributed by atoms with van der Waals surface area (Å²) in [6.07, 6.45) is 0. The average molecular weight is 407 g/mol. The van der Waals surface area contributed by atoms with E-state index in [2.05, 4.69) is 73.0 Å². The topological polar surface area (TPSA) is 17.8 Å². The first-order chi connectivity index (χ1) is 13.6. The Morgan fingerprint density at radius 3 is 2.36 bits per heavy atom. The lowest BCUT2D eigenvalue weighted by molar-refractivity contribution is 0.778. The summed E-state index contributed by atoms with van der Waals surface area (Å²) in [6.45, 7) is 5.28. The summed E-state index contributed by atoms with van der Waals surface area (Å²) in [6, 6.07) is 25.3. The molecule has 28 heavy (non-hydrogen) atoms. The maximum atomic E-state index is 6.00. The first-order valence-electron chi connectivity index (χ1n) is 9.51. The van der Waals surface area contributed by atoms with Gasteiger partial charge in [-0.15, -0.1) is 11.8 Å². The molecule has 0 saturated carbocycles. The normalized spacial score (nSPS) is 11.4. The van der Waals surface area contributed by atoms with Crippen LogP contribution in [-0.4, -0.2) is 9.55 Å². The lowest BCUT2D eigenvalue weighted by atomic mass is 10.0. The van der Waals surface area contributed by atoms with Gasteiger partial charge >= 0.3 is 0 Å². The van der Waals surface area contributed by atoms with Crippen LogP contribution in [0.1, 0.15) is 36.7 Å². The number of imidazole rings is 1. The molecule has 2 nitrogen and oxygen atoms in total. The second-order valence-electron chi connectivity index (χ2n) is 7.24. The first-order valence-corrected chi connectivity index (χ1v) is 10.9. The van der Waals surface area contributed by atoms with Crippen LogP contribution in [0, 0.1) is 0 Å². The van der Waals surface area contributed by atoms with Gasteiger partial charge in [0.15, 0.2) is 0 Å². The molecule has 4 aromatic rings. The smallest absolute Gasteiger partial charge is 0.120 e. The van der Waals surface area contributed by atoms with E-state index >= 15 is 0 Å². The van der Waals surface area contributed by atoms with Crippen molar-refractivity contribution in [3.05, 3.63) is 94.8 Å². The summed E-state index contributed by atoms with van der Waals surface area (Å²) in [5, 5.41) is 0.765. The summed E-state index contributed by atoms with van der Waals surface area (Å²) in [4.78, 5) is 6.10. The van der Waals surface area contributed by atoms with Crippen molar-refractivity contribution < 1.29 is 0 Å². The largest absolute Gasteiger partial charge is 0.323 e. The highest BCUT2D eigenvalue weighted by Gasteiger charge is 2.12. The minimum absolute atomic E-state index is 0.550. The molecule has 0 aliphatic heterocycles. The number of thioether (sulfide) groups is 1. The number of rotatable bonds is 6. The van der Waals surface area contributed by atoms with Crippen molar-refractivity contribution in [1.82, 2.24) is 9.55 Å². The zero-order chi connectivity index (χ0) is 19.5. The zero-order valence-corrected chi connectivity index (χ0v) is 17.7. The van der Waals surface area contributed by atoms with Crippen molar-refractivity contribution in [1.29, 1.82) is 0 Å². The second-order valence-corrected chi connectivity index (χ2v) is 8.73. The summed E-state index contributed by atoms with van der Waals surface area (Å²) in [5.74, 6) is 2.46. The Morgan fingerprint density at radius 1 is 0.929 bits per heavy atom. The van der Waals surface area contributed by atoms with Crippen LogP contribution in [0.15, 0.2) is 77.7 Å². The number of nitrogens with zero attached hydrogens (tertiary/aromatic N) is 2. The monoisotopic (exact) mass is 406 g/mol. The Morgan fingerprint density at radius 2 is 1.64 bits per heavy atom. The third-order valence-corrected chi connectivity index (χ3v) is 6.16. The predicted octanol–water partition coefficient (Wildman–Crippen LogP) is 7.15. The molecule has 0 spiro atoms. The Kier molecular flexibility index (Phi) is 5.74. The fourth-order valence-electron chi connectivity index (χ4n) is 3.28. The number of benzene rings is 3. The van der Waals surface area contributed by atoms with E-state index in [1.54, 1.807) is 11.8 Å². The number of halogens is 1. The number of para-hydroxylation sites is 2. The molecule has 0 aliphatic carbocycles. The molecule has 0 atom stereocenters. The maximum Gasteiger partial charge on any atom is 0.120 e. The van der Waals surface area contributed by atoms with Gasteiger partial charge in [0.2, 0.25) is 0 Å². The van der Waals surface area contributed by atoms with Crippen LogP contribution >= 0.6 is 23.4 Å². The molecule has 4 heteroatoms. The number of hydrogen-bond donors (Lipinski definition) is 0.